The van der Waals surface area contributed by atoms with Crippen LogP contribution in [-0.4, -0.2) is 18.4 Å². The fraction of sp³-hybridized carbons (Fsp3) is 0.391. The SMILES string of the molecule is Cc1cccc(NC(=O)C2CCC(C(=O)NCCc3cccc(Cl)c3)CC2)c1. The first kappa shape index (κ1) is 20.4. The Bertz CT molecular complexity index is 829. The molecule has 0 aliphatic heterocycles. The number of nitrogens with one attached hydrogen (secondary N) is 2. The van der Waals surface area contributed by atoms with Gasteiger partial charge in [-0.25, -0.2) is 0 Å². The van der Waals surface area contributed by atoms with Crippen molar-refractivity contribution in [3.05, 3.63) is 64.7 Å². The summed E-state index contributed by atoms with van der Waals surface area (Å²) in [7, 11) is 0. The predicted octanol–water partition coefficient (Wildman–Crippen LogP) is 4.75. The molecule has 5 heteroatoms. The Labute approximate surface area is 171 Å². The van der Waals surface area contributed by atoms with Crippen molar-refractivity contribution >= 4 is 29.1 Å². The maximum atomic E-state index is 12.5. The Morgan fingerprint density at radius 2 is 1.64 bits per heavy atom. The largest absolute Gasteiger partial charge is 0.356 e. The van der Waals surface area contributed by atoms with Crippen molar-refractivity contribution in [1.29, 1.82) is 0 Å². The van der Waals surface area contributed by atoms with Crippen LogP contribution in [0.5, 0.6) is 0 Å². The van der Waals surface area contributed by atoms with Crippen LogP contribution >= 0.6 is 11.6 Å². The Morgan fingerprint density at radius 3 is 2.32 bits per heavy atom. The lowest BCUT2D eigenvalue weighted by atomic mass is 9.81. The molecule has 0 aromatic heterocycles. The number of benzene rings is 2. The summed E-state index contributed by atoms with van der Waals surface area (Å²) in [5.74, 6) is 0.142. The Balaban J connectivity index is 1.40. The lowest BCUT2D eigenvalue weighted by molar-refractivity contribution is -0.128. The summed E-state index contributed by atoms with van der Waals surface area (Å²) < 4.78 is 0. The molecule has 2 N–H and O–H groups in total. The van der Waals surface area contributed by atoms with Crippen molar-refractivity contribution in [1.82, 2.24) is 5.32 Å². The second-order valence-electron chi connectivity index (χ2n) is 7.58. The highest BCUT2D eigenvalue weighted by Crippen LogP contribution is 2.30. The van der Waals surface area contributed by atoms with Gasteiger partial charge >= 0.3 is 0 Å². The first-order valence-corrected chi connectivity index (χ1v) is 10.3. The molecule has 28 heavy (non-hydrogen) atoms. The van der Waals surface area contributed by atoms with Gasteiger partial charge in [-0.1, -0.05) is 35.9 Å². The lowest BCUT2D eigenvalue weighted by Gasteiger charge is -2.27. The molecule has 1 aliphatic carbocycles. The fourth-order valence-corrected chi connectivity index (χ4v) is 3.96. The number of hydrogen-bond donors (Lipinski definition) is 2. The molecule has 0 spiro atoms. The number of hydrogen-bond acceptors (Lipinski definition) is 2. The third kappa shape index (κ3) is 5.83. The van der Waals surface area contributed by atoms with Gasteiger partial charge in [0.1, 0.15) is 0 Å². The van der Waals surface area contributed by atoms with Gasteiger partial charge in [-0.3, -0.25) is 9.59 Å². The van der Waals surface area contributed by atoms with Crippen molar-refractivity contribution in [3.8, 4) is 0 Å². The summed E-state index contributed by atoms with van der Waals surface area (Å²) in [4.78, 5) is 24.9. The molecule has 0 unspecified atom stereocenters. The van der Waals surface area contributed by atoms with Gasteiger partial charge < -0.3 is 10.6 Å². The molecule has 1 fully saturated rings. The quantitative estimate of drug-likeness (QED) is 0.737. The second kappa shape index (κ2) is 9.74. The molecular formula is C23H27ClN2O2. The molecule has 3 rings (SSSR count). The van der Waals surface area contributed by atoms with E-state index in [1.807, 2.05) is 55.5 Å². The topological polar surface area (TPSA) is 58.2 Å². The summed E-state index contributed by atoms with van der Waals surface area (Å²) in [6, 6.07) is 15.5. The van der Waals surface area contributed by atoms with E-state index in [1.54, 1.807) is 0 Å². The lowest BCUT2D eigenvalue weighted by Crippen LogP contribution is -2.36. The highest BCUT2D eigenvalue weighted by molar-refractivity contribution is 6.30. The molecule has 0 saturated heterocycles. The monoisotopic (exact) mass is 398 g/mol. The van der Waals surface area contributed by atoms with Crippen molar-refractivity contribution in [2.45, 2.75) is 39.0 Å². The predicted molar refractivity (Wildman–Crippen MR) is 113 cm³/mol. The molecule has 2 amide bonds. The molecule has 0 atom stereocenters. The van der Waals surface area contributed by atoms with Gasteiger partial charge in [0.2, 0.25) is 11.8 Å². The molecule has 1 saturated carbocycles. The number of anilines is 1. The average molecular weight is 399 g/mol. The van der Waals surface area contributed by atoms with Crippen LogP contribution in [0.3, 0.4) is 0 Å². The summed E-state index contributed by atoms with van der Waals surface area (Å²) in [5, 5.41) is 6.75. The number of aryl methyl sites for hydroxylation is 1. The van der Waals surface area contributed by atoms with Crippen LogP contribution < -0.4 is 10.6 Å². The van der Waals surface area contributed by atoms with Crippen LogP contribution in [0.4, 0.5) is 5.69 Å². The van der Waals surface area contributed by atoms with Crippen LogP contribution in [0.15, 0.2) is 48.5 Å². The van der Waals surface area contributed by atoms with Gasteiger partial charge in [-0.2, -0.15) is 0 Å². The highest BCUT2D eigenvalue weighted by atomic mass is 35.5. The molecule has 4 nitrogen and oxygen atoms in total. The number of carbonyl (C=O) groups is 2. The van der Waals surface area contributed by atoms with E-state index in [9.17, 15) is 9.59 Å². The van der Waals surface area contributed by atoms with Crippen molar-refractivity contribution < 1.29 is 9.59 Å². The number of halogens is 1. The Morgan fingerprint density at radius 1 is 0.964 bits per heavy atom. The standard InChI is InChI=1S/C23H27ClN2O2/c1-16-4-2-7-21(14-16)26-23(28)19-10-8-18(9-11-19)22(27)25-13-12-17-5-3-6-20(24)15-17/h2-7,14-15,18-19H,8-13H2,1H3,(H,25,27)(H,26,28). The normalized spacial score (nSPS) is 19.1. The van der Waals surface area contributed by atoms with Gasteiger partial charge in [0.05, 0.1) is 0 Å². The zero-order valence-electron chi connectivity index (χ0n) is 16.2. The molecule has 0 radical (unpaired) electrons. The van der Waals surface area contributed by atoms with Crippen molar-refractivity contribution in [2.75, 3.05) is 11.9 Å². The van der Waals surface area contributed by atoms with Gasteiger partial charge in [-0.15, -0.1) is 0 Å². The summed E-state index contributed by atoms with van der Waals surface area (Å²) in [6.45, 7) is 2.61. The van der Waals surface area contributed by atoms with Crippen LogP contribution in [-0.2, 0) is 16.0 Å². The Hall–Kier alpha value is -2.33. The molecule has 148 valence electrons. The minimum atomic E-state index is -0.0176. The second-order valence-corrected chi connectivity index (χ2v) is 8.01. The van der Waals surface area contributed by atoms with E-state index >= 15 is 0 Å². The number of rotatable bonds is 6. The van der Waals surface area contributed by atoms with Crippen LogP contribution in [0, 0.1) is 18.8 Å². The number of carbonyl (C=O) groups excluding carboxylic acids is 2. The van der Waals surface area contributed by atoms with E-state index in [0.29, 0.717) is 11.6 Å². The van der Waals surface area contributed by atoms with E-state index < -0.39 is 0 Å². The van der Waals surface area contributed by atoms with Gasteiger partial charge in [-0.05, 0) is 74.4 Å². The molecule has 0 heterocycles. The average Bonchev–Trinajstić information content (AvgIpc) is 2.68. The van der Waals surface area contributed by atoms with Gasteiger partial charge in [0.15, 0.2) is 0 Å². The van der Waals surface area contributed by atoms with E-state index in [-0.39, 0.29) is 23.7 Å². The van der Waals surface area contributed by atoms with Gasteiger partial charge in [0, 0.05) is 29.1 Å². The Kier molecular flexibility index (Phi) is 7.10. The summed E-state index contributed by atoms with van der Waals surface area (Å²) >= 11 is 5.99. The smallest absolute Gasteiger partial charge is 0.227 e. The minimum Gasteiger partial charge on any atom is -0.356 e. The van der Waals surface area contributed by atoms with E-state index in [2.05, 4.69) is 10.6 Å². The van der Waals surface area contributed by atoms with Crippen LogP contribution in [0.2, 0.25) is 5.02 Å². The van der Waals surface area contributed by atoms with Crippen LogP contribution in [0.1, 0.15) is 36.8 Å². The van der Waals surface area contributed by atoms with E-state index in [4.69, 9.17) is 11.6 Å². The highest BCUT2D eigenvalue weighted by Gasteiger charge is 2.29. The van der Waals surface area contributed by atoms with Crippen molar-refractivity contribution in [3.63, 3.8) is 0 Å². The zero-order valence-corrected chi connectivity index (χ0v) is 17.0. The first-order chi connectivity index (χ1) is 13.5. The van der Waals surface area contributed by atoms with Gasteiger partial charge in [0.25, 0.3) is 0 Å². The van der Waals surface area contributed by atoms with Crippen molar-refractivity contribution in [2.24, 2.45) is 11.8 Å². The number of amides is 2. The molecule has 2 aromatic rings. The third-order valence-electron chi connectivity index (χ3n) is 5.36. The maximum absolute atomic E-state index is 12.5. The third-order valence-corrected chi connectivity index (χ3v) is 5.59. The molecule has 0 bridgehead atoms. The fourth-order valence-electron chi connectivity index (χ4n) is 3.75. The zero-order chi connectivity index (χ0) is 19.9. The summed E-state index contributed by atoms with van der Waals surface area (Å²) in [6.07, 6.45) is 3.79. The maximum Gasteiger partial charge on any atom is 0.227 e. The van der Waals surface area contributed by atoms with Crippen LogP contribution in [0.25, 0.3) is 0 Å². The molecule has 1 aliphatic rings. The molecular weight excluding hydrogens is 372 g/mol. The minimum absolute atomic E-state index is 0.00220. The molecule has 2 aromatic carbocycles. The summed E-state index contributed by atoms with van der Waals surface area (Å²) in [5.41, 5.74) is 3.08. The first-order valence-electron chi connectivity index (χ1n) is 9.91. The van der Waals surface area contributed by atoms with E-state index in [1.165, 1.54) is 0 Å². The van der Waals surface area contributed by atoms with E-state index in [0.717, 1.165) is 48.9 Å².